The molecule has 10 heteroatoms. The number of ether oxygens (including phenoxy) is 2. The number of rotatable bonds is 7. The van der Waals surface area contributed by atoms with Gasteiger partial charge in [-0.2, -0.15) is 0 Å². The molecular formula is C21H37IN4O4S. The Kier molecular flexibility index (Phi) is 10.8. The van der Waals surface area contributed by atoms with Crippen molar-refractivity contribution in [3.63, 3.8) is 0 Å². The minimum Gasteiger partial charge on any atom is -0.497 e. The van der Waals surface area contributed by atoms with Crippen LogP contribution < -0.4 is 14.8 Å². The molecule has 0 radical (unpaired) electrons. The van der Waals surface area contributed by atoms with Gasteiger partial charge in [-0.05, 0) is 39.0 Å². The summed E-state index contributed by atoms with van der Waals surface area (Å²) >= 11 is 0. The SMILES string of the molecule is CN=C(NCCS(=O)(=O)C(C)(C)C)N1CCN(Cc2cc(OC)ccc2OC)CC1.I. The molecule has 1 fully saturated rings. The van der Waals surface area contributed by atoms with Crippen LogP contribution in [0.2, 0.25) is 0 Å². The monoisotopic (exact) mass is 568 g/mol. The molecule has 0 amide bonds. The van der Waals surface area contributed by atoms with Crippen LogP contribution in [0.1, 0.15) is 26.3 Å². The second kappa shape index (κ2) is 12.1. The highest BCUT2D eigenvalue weighted by atomic mass is 127. The lowest BCUT2D eigenvalue weighted by Crippen LogP contribution is -2.52. The predicted molar refractivity (Wildman–Crippen MR) is 137 cm³/mol. The van der Waals surface area contributed by atoms with Gasteiger partial charge < -0.3 is 19.7 Å². The Hall–Kier alpha value is -1.27. The van der Waals surface area contributed by atoms with E-state index in [1.165, 1.54) is 0 Å². The van der Waals surface area contributed by atoms with Gasteiger partial charge in [0, 0.05) is 51.9 Å². The molecule has 0 saturated carbocycles. The molecule has 0 spiro atoms. The quantitative estimate of drug-likeness (QED) is 0.307. The molecule has 1 N–H and O–H groups in total. The first-order chi connectivity index (χ1) is 14.1. The molecule has 0 unspecified atom stereocenters. The Balaban J connectivity index is 0.00000480. The van der Waals surface area contributed by atoms with Crippen molar-refractivity contribution in [2.45, 2.75) is 32.1 Å². The molecular weight excluding hydrogens is 531 g/mol. The average Bonchev–Trinajstić information content (AvgIpc) is 2.71. The van der Waals surface area contributed by atoms with Gasteiger partial charge in [-0.25, -0.2) is 8.42 Å². The average molecular weight is 569 g/mol. The second-order valence-electron chi connectivity index (χ2n) is 8.35. The fourth-order valence-corrected chi connectivity index (χ4v) is 4.28. The van der Waals surface area contributed by atoms with Crippen molar-refractivity contribution in [1.82, 2.24) is 15.1 Å². The third-order valence-electron chi connectivity index (χ3n) is 5.35. The molecule has 1 aliphatic heterocycles. The van der Waals surface area contributed by atoms with E-state index < -0.39 is 14.6 Å². The van der Waals surface area contributed by atoms with E-state index in [-0.39, 0.29) is 29.7 Å². The zero-order valence-electron chi connectivity index (χ0n) is 19.5. The van der Waals surface area contributed by atoms with Crippen LogP contribution in [-0.2, 0) is 16.4 Å². The first-order valence-electron chi connectivity index (χ1n) is 10.2. The van der Waals surface area contributed by atoms with Crippen LogP contribution in [0, 0.1) is 0 Å². The number of methoxy groups -OCH3 is 2. The van der Waals surface area contributed by atoms with Crippen molar-refractivity contribution >= 4 is 39.8 Å². The maximum absolute atomic E-state index is 12.3. The van der Waals surface area contributed by atoms with Crippen molar-refractivity contribution in [3.8, 4) is 11.5 Å². The molecule has 1 aliphatic rings. The summed E-state index contributed by atoms with van der Waals surface area (Å²) in [4.78, 5) is 8.87. The molecule has 1 aromatic rings. The maximum atomic E-state index is 12.3. The summed E-state index contributed by atoms with van der Waals surface area (Å²) in [6.07, 6.45) is 0. The first kappa shape index (κ1) is 27.8. The van der Waals surface area contributed by atoms with Crippen LogP contribution in [0.25, 0.3) is 0 Å². The van der Waals surface area contributed by atoms with E-state index in [2.05, 4.69) is 20.1 Å². The smallest absolute Gasteiger partial charge is 0.193 e. The van der Waals surface area contributed by atoms with Gasteiger partial charge in [0.05, 0.1) is 24.7 Å². The Morgan fingerprint density at radius 1 is 1.13 bits per heavy atom. The summed E-state index contributed by atoms with van der Waals surface area (Å²) in [7, 11) is 1.92. The van der Waals surface area contributed by atoms with E-state index >= 15 is 0 Å². The van der Waals surface area contributed by atoms with Gasteiger partial charge in [0.15, 0.2) is 15.8 Å². The van der Waals surface area contributed by atoms with Crippen LogP contribution in [0.3, 0.4) is 0 Å². The summed E-state index contributed by atoms with van der Waals surface area (Å²) in [6, 6.07) is 5.85. The standard InChI is InChI=1S/C21H36N4O4S.HI/c1-21(2,3)30(26,27)14-9-23-20(22-4)25-12-10-24(11-13-25)16-17-15-18(28-5)7-8-19(17)29-6;/h7-8,15H,9-14,16H2,1-6H3,(H,22,23);1H. The van der Waals surface area contributed by atoms with Crippen LogP contribution in [-0.4, -0.2) is 88.7 Å². The number of benzene rings is 1. The summed E-state index contributed by atoms with van der Waals surface area (Å²) in [5.41, 5.74) is 1.10. The number of sulfone groups is 1. The van der Waals surface area contributed by atoms with Crippen LogP contribution in [0.4, 0.5) is 0 Å². The highest BCUT2D eigenvalue weighted by Gasteiger charge is 2.28. The minimum atomic E-state index is -3.15. The Morgan fingerprint density at radius 2 is 1.77 bits per heavy atom. The van der Waals surface area contributed by atoms with E-state index in [1.807, 2.05) is 18.2 Å². The zero-order valence-corrected chi connectivity index (χ0v) is 22.6. The molecule has 0 aliphatic carbocycles. The lowest BCUT2D eigenvalue weighted by molar-refractivity contribution is 0.171. The van der Waals surface area contributed by atoms with Crippen molar-refractivity contribution < 1.29 is 17.9 Å². The summed E-state index contributed by atoms with van der Waals surface area (Å²) in [5, 5.41) is 3.21. The van der Waals surface area contributed by atoms with Crippen LogP contribution >= 0.6 is 24.0 Å². The lowest BCUT2D eigenvalue weighted by atomic mass is 10.1. The van der Waals surface area contributed by atoms with E-state index in [9.17, 15) is 8.42 Å². The largest absolute Gasteiger partial charge is 0.497 e. The topological polar surface area (TPSA) is 83.5 Å². The number of nitrogens with one attached hydrogen (secondary N) is 1. The molecule has 1 aromatic carbocycles. The molecule has 178 valence electrons. The van der Waals surface area contributed by atoms with Gasteiger partial charge in [0.2, 0.25) is 0 Å². The number of nitrogens with zero attached hydrogens (tertiary/aromatic N) is 3. The first-order valence-corrected chi connectivity index (χ1v) is 11.9. The normalized spacial score (nSPS) is 15.9. The van der Waals surface area contributed by atoms with E-state index in [1.54, 1.807) is 42.0 Å². The number of aliphatic imine (C=N–C) groups is 1. The molecule has 0 bridgehead atoms. The molecule has 1 heterocycles. The molecule has 2 rings (SSSR count). The lowest BCUT2D eigenvalue weighted by Gasteiger charge is -2.36. The maximum Gasteiger partial charge on any atom is 0.193 e. The predicted octanol–water partition coefficient (Wildman–Crippen LogP) is 2.23. The fourth-order valence-electron chi connectivity index (χ4n) is 3.30. The van der Waals surface area contributed by atoms with Crippen LogP contribution in [0.5, 0.6) is 11.5 Å². The number of hydrogen-bond acceptors (Lipinski definition) is 6. The van der Waals surface area contributed by atoms with Gasteiger partial charge in [0.25, 0.3) is 0 Å². The van der Waals surface area contributed by atoms with Gasteiger partial charge in [-0.1, -0.05) is 0 Å². The highest BCUT2D eigenvalue weighted by molar-refractivity contribution is 14.0. The summed E-state index contributed by atoms with van der Waals surface area (Å²) in [5.74, 6) is 2.51. The zero-order chi connectivity index (χ0) is 22.4. The van der Waals surface area contributed by atoms with Crippen molar-refractivity contribution in [2.75, 3.05) is 59.7 Å². The molecule has 0 aromatic heterocycles. The summed E-state index contributed by atoms with van der Waals surface area (Å²) < 4.78 is 34.7. The number of piperazine rings is 1. The Morgan fingerprint density at radius 3 is 2.29 bits per heavy atom. The number of guanidine groups is 1. The molecule has 31 heavy (non-hydrogen) atoms. The third-order valence-corrected chi connectivity index (χ3v) is 7.96. The Labute approximate surface area is 204 Å². The number of halogens is 1. The van der Waals surface area contributed by atoms with E-state index in [4.69, 9.17) is 9.47 Å². The van der Waals surface area contributed by atoms with Gasteiger partial charge in [-0.3, -0.25) is 9.89 Å². The highest BCUT2D eigenvalue weighted by Crippen LogP contribution is 2.25. The van der Waals surface area contributed by atoms with E-state index in [0.29, 0.717) is 6.54 Å². The molecule has 1 saturated heterocycles. The van der Waals surface area contributed by atoms with Gasteiger partial charge >= 0.3 is 0 Å². The van der Waals surface area contributed by atoms with Crippen molar-refractivity contribution in [1.29, 1.82) is 0 Å². The van der Waals surface area contributed by atoms with Crippen molar-refractivity contribution in [2.24, 2.45) is 4.99 Å². The molecule has 0 atom stereocenters. The van der Waals surface area contributed by atoms with Gasteiger partial charge in [0.1, 0.15) is 11.5 Å². The van der Waals surface area contributed by atoms with Gasteiger partial charge in [-0.15, -0.1) is 24.0 Å². The Bertz CT molecular complexity index is 832. The van der Waals surface area contributed by atoms with Crippen LogP contribution in [0.15, 0.2) is 23.2 Å². The van der Waals surface area contributed by atoms with Crippen molar-refractivity contribution in [3.05, 3.63) is 23.8 Å². The minimum absolute atomic E-state index is 0. The fraction of sp³-hybridized carbons (Fsp3) is 0.667. The number of hydrogen-bond donors (Lipinski definition) is 1. The molecule has 8 nitrogen and oxygen atoms in total. The van der Waals surface area contributed by atoms with E-state index in [0.717, 1.165) is 55.7 Å². The third kappa shape index (κ3) is 7.67. The summed E-state index contributed by atoms with van der Waals surface area (Å²) in [6.45, 7) is 9.71. The second-order valence-corrected chi connectivity index (χ2v) is 11.2.